The minimum Gasteiger partial charge on any atom is -0.369 e. The van der Waals surface area contributed by atoms with Crippen molar-refractivity contribution in [3.63, 3.8) is 0 Å². The highest BCUT2D eigenvalue weighted by atomic mass is 16.1. The van der Waals surface area contributed by atoms with Gasteiger partial charge in [0.2, 0.25) is 23.8 Å². The third-order valence-electron chi connectivity index (χ3n) is 3.54. The molecule has 0 saturated carbocycles. The number of primary amides is 1. The highest BCUT2D eigenvalue weighted by Crippen LogP contribution is 2.21. The number of hydrogen-bond donors (Lipinski definition) is 2. The molecule has 1 saturated heterocycles. The molecule has 110 valence electrons. The van der Waals surface area contributed by atoms with Crippen LogP contribution in [-0.4, -0.2) is 43.5 Å². The van der Waals surface area contributed by atoms with Crippen molar-refractivity contribution in [3.8, 4) is 5.95 Å². The Morgan fingerprint density at radius 1 is 1.19 bits per heavy atom. The highest BCUT2D eigenvalue weighted by molar-refractivity contribution is 5.76. The normalized spacial score (nSPS) is 16.1. The molecule has 1 fully saturated rings. The van der Waals surface area contributed by atoms with Gasteiger partial charge in [0.1, 0.15) is 6.33 Å². The van der Waals surface area contributed by atoms with E-state index >= 15 is 0 Å². The molecule has 0 unspecified atom stereocenters. The molecule has 0 radical (unpaired) electrons. The predicted molar refractivity (Wildman–Crippen MR) is 75.5 cm³/mol. The van der Waals surface area contributed by atoms with Gasteiger partial charge in [-0.2, -0.15) is 15.0 Å². The standard InChI is InChI=1S/C12H16N8O/c13-9(21)8-1-4-19(5-2-8)11-16-10(14)17-12(18-11)20-6-3-15-7-20/h3,6-8H,1-2,4-5H2,(H2,13,21)(H2,14,16,17,18). The number of nitrogen functional groups attached to an aromatic ring is 1. The molecule has 2 aromatic rings. The summed E-state index contributed by atoms with van der Waals surface area (Å²) in [7, 11) is 0. The molecule has 2 aromatic heterocycles. The zero-order valence-corrected chi connectivity index (χ0v) is 11.4. The topological polar surface area (TPSA) is 129 Å². The average molecular weight is 288 g/mol. The maximum absolute atomic E-state index is 11.2. The molecule has 3 rings (SSSR count). The molecular formula is C12H16N8O. The van der Waals surface area contributed by atoms with E-state index in [2.05, 4.69) is 19.9 Å². The Kier molecular flexibility index (Phi) is 3.38. The number of aromatic nitrogens is 5. The summed E-state index contributed by atoms with van der Waals surface area (Å²) in [4.78, 5) is 29.8. The first-order valence-electron chi connectivity index (χ1n) is 6.67. The van der Waals surface area contributed by atoms with Gasteiger partial charge in [-0.05, 0) is 12.8 Å². The lowest BCUT2D eigenvalue weighted by Gasteiger charge is -2.30. The van der Waals surface area contributed by atoms with Gasteiger partial charge in [0.05, 0.1) is 0 Å². The number of hydrogen-bond acceptors (Lipinski definition) is 7. The summed E-state index contributed by atoms with van der Waals surface area (Å²) in [6.07, 6.45) is 6.36. The Bertz CT molecular complexity index is 633. The first-order valence-corrected chi connectivity index (χ1v) is 6.67. The van der Waals surface area contributed by atoms with Crippen molar-refractivity contribution in [3.05, 3.63) is 18.7 Å². The second-order valence-corrected chi connectivity index (χ2v) is 4.93. The van der Waals surface area contributed by atoms with Crippen LogP contribution in [0.5, 0.6) is 0 Å². The Morgan fingerprint density at radius 2 is 1.90 bits per heavy atom. The van der Waals surface area contributed by atoms with E-state index in [9.17, 15) is 4.79 Å². The zero-order valence-electron chi connectivity index (χ0n) is 11.4. The van der Waals surface area contributed by atoms with Crippen LogP contribution in [0.4, 0.5) is 11.9 Å². The van der Waals surface area contributed by atoms with E-state index in [4.69, 9.17) is 11.5 Å². The number of amides is 1. The van der Waals surface area contributed by atoms with Gasteiger partial charge < -0.3 is 16.4 Å². The second kappa shape index (κ2) is 5.35. The van der Waals surface area contributed by atoms with Crippen LogP contribution in [0.25, 0.3) is 5.95 Å². The molecule has 21 heavy (non-hydrogen) atoms. The van der Waals surface area contributed by atoms with Gasteiger partial charge in [-0.15, -0.1) is 0 Å². The Balaban J connectivity index is 1.82. The molecule has 4 N–H and O–H groups in total. The van der Waals surface area contributed by atoms with E-state index in [1.165, 1.54) is 0 Å². The summed E-state index contributed by atoms with van der Waals surface area (Å²) in [6.45, 7) is 1.33. The molecule has 0 bridgehead atoms. The third kappa shape index (κ3) is 2.76. The van der Waals surface area contributed by atoms with Crippen LogP contribution in [0.2, 0.25) is 0 Å². The molecule has 0 spiro atoms. The number of nitrogens with two attached hydrogens (primary N) is 2. The number of piperidine rings is 1. The average Bonchev–Trinajstić information content (AvgIpc) is 3.01. The summed E-state index contributed by atoms with van der Waals surface area (Å²) < 4.78 is 1.66. The lowest BCUT2D eigenvalue weighted by Crippen LogP contribution is -2.39. The minimum atomic E-state index is -0.246. The van der Waals surface area contributed by atoms with E-state index < -0.39 is 0 Å². The maximum atomic E-state index is 11.2. The molecule has 1 aliphatic rings. The predicted octanol–water partition coefficient (Wildman–Crippen LogP) is -0.659. The molecule has 0 aliphatic carbocycles. The summed E-state index contributed by atoms with van der Waals surface area (Å²) in [5.41, 5.74) is 11.1. The Morgan fingerprint density at radius 3 is 2.52 bits per heavy atom. The van der Waals surface area contributed by atoms with Crippen molar-refractivity contribution >= 4 is 17.8 Å². The molecule has 0 atom stereocenters. The van der Waals surface area contributed by atoms with Gasteiger partial charge in [0.15, 0.2) is 0 Å². The Hall–Kier alpha value is -2.71. The van der Waals surface area contributed by atoms with Crippen molar-refractivity contribution in [1.82, 2.24) is 24.5 Å². The van der Waals surface area contributed by atoms with E-state index in [-0.39, 0.29) is 17.8 Å². The molecule has 1 amide bonds. The molecular weight excluding hydrogens is 272 g/mol. The molecule has 9 nitrogen and oxygen atoms in total. The summed E-state index contributed by atoms with van der Waals surface area (Å²) in [5.74, 6) is 0.763. The van der Waals surface area contributed by atoms with Gasteiger partial charge in [-0.25, -0.2) is 4.98 Å². The SMILES string of the molecule is NC(=O)C1CCN(c2nc(N)nc(-n3ccnc3)n2)CC1. The quantitative estimate of drug-likeness (QED) is 0.767. The number of carbonyl (C=O) groups excluding carboxylic acids is 1. The monoisotopic (exact) mass is 288 g/mol. The maximum Gasteiger partial charge on any atom is 0.241 e. The van der Waals surface area contributed by atoms with Crippen LogP contribution in [0.3, 0.4) is 0 Å². The molecule has 3 heterocycles. The summed E-state index contributed by atoms with van der Waals surface area (Å²) in [5, 5.41) is 0. The van der Waals surface area contributed by atoms with Crippen LogP contribution >= 0.6 is 0 Å². The van der Waals surface area contributed by atoms with E-state index in [1.807, 2.05) is 4.90 Å². The zero-order chi connectivity index (χ0) is 14.8. The molecule has 0 aromatic carbocycles. The van der Waals surface area contributed by atoms with Gasteiger partial charge in [0, 0.05) is 31.4 Å². The fourth-order valence-electron chi connectivity index (χ4n) is 2.37. The van der Waals surface area contributed by atoms with Crippen molar-refractivity contribution in [2.75, 3.05) is 23.7 Å². The molecule has 9 heteroatoms. The van der Waals surface area contributed by atoms with E-state index in [0.717, 1.165) is 0 Å². The van der Waals surface area contributed by atoms with Crippen LogP contribution in [0.15, 0.2) is 18.7 Å². The van der Waals surface area contributed by atoms with Crippen molar-refractivity contribution < 1.29 is 4.79 Å². The summed E-state index contributed by atoms with van der Waals surface area (Å²) >= 11 is 0. The second-order valence-electron chi connectivity index (χ2n) is 4.93. The van der Waals surface area contributed by atoms with Gasteiger partial charge in [-0.1, -0.05) is 0 Å². The van der Waals surface area contributed by atoms with Crippen LogP contribution < -0.4 is 16.4 Å². The van der Waals surface area contributed by atoms with Crippen LogP contribution in [-0.2, 0) is 4.79 Å². The number of anilines is 2. The van der Waals surface area contributed by atoms with Crippen molar-refractivity contribution in [1.29, 1.82) is 0 Å². The van der Waals surface area contributed by atoms with Crippen LogP contribution in [0.1, 0.15) is 12.8 Å². The first-order chi connectivity index (χ1) is 10.1. The van der Waals surface area contributed by atoms with E-state index in [0.29, 0.717) is 37.8 Å². The lowest BCUT2D eigenvalue weighted by atomic mass is 9.96. The van der Waals surface area contributed by atoms with Gasteiger partial charge in [0.25, 0.3) is 0 Å². The van der Waals surface area contributed by atoms with Crippen molar-refractivity contribution in [2.45, 2.75) is 12.8 Å². The Labute approximate surface area is 121 Å². The van der Waals surface area contributed by atoms with Gasteiger partial charge >= 0.3 is 0 Å². The minimum absolute atomic E-state index is 0.0754. The molecule has 1 aliphatic heterocycles. The fraction of sp³-hybridized carbons (Fsp3) is 0.417. The van der Waals surface area contributed by atoms with Crippen molar-refractivity contribution in [2.24, 2.45) is 11.7 Å². The number of rotatable bonds is 3. The number of carbonyl (C=O) groups is 1. The van der Waals surface area contributed by atoms with Gasteiger partial charge in [-0.3, -0.25) is 9.36 Å². The highest BCUT2D eigenvalue weighted by Gasteiger charge is 2.25. The smallest absolute Gasteiger partial charge is 0.241 e. The lowest BCUT2D eigenvalue weighted by molar-refractivity contribution is -0.122. The third-order valence-corrected chi connectivity index (χ3v) is 3.54. The van der Waals surface area contributed by atoms with Crippen LogP contribution in [0, 0.1) is 5.92 Å². The summed E-state index contributed by atoms with van der Waals surface area (Å²) in [6, 6.07) is 0. The first kappa shape index (κ1) is 13.3. The fourth-order valence-corrected chi connectivity index (χ4v) is 2.37. The number of nitrogens with zero attached hydrogens (tertiary/aromatic N) is 6. The largest absolute Gasteiger partial charge is 0.369 e. The number of imidazole rings is 1. The van der Waals surface area contributed by atoms with E-state index in [1.54, 1.807) is 23.3 Å².